The van der Waals surface area contributed by atoms with E-state index in [9.17, 15) is 15.0 Å². The average Bonchev–Trinajstić information content (AvgIpc) is 3.60. The molecule has 36 heavy (non-hydrogen) atoms. The van der Waals surface area contributed by atoms with Crippen LogP contribution in [0.4, 0.5) is 22.2 Å². The summed E-state index contributed by atoms with van der Waals surface area (Å²) in [5.41, 5.74) is 9.30. The topological polar surface area (TPSA) is 194 Å². The summed E-state index contributed by atoms with van der Waals surface area (Å²) in [6, 6.07) is 8.22. The number of para-hydroxylation sites is 1. The number of nitrogens with zero attached hydrogens (tertiary/aromatic N) is 6. The lowest BCUT2D eigenvalue weighted by Crippen LogP contribution is -2.34. The van der Waals surface area contributed by atoms with Gasteiger partial charge in [0.2, 0.25) is 0 Å². The van der Waals surface area contributed by atoms with E-state index in [-0.39, 0.29) is 35.6 Å². The fraction of sp³-hybridized carbons (Fsp3) is 0.455. The van der Waals surface area contributed by atoms with E-state index in [2.05, 4.69) is 36.0 Å². The van der Waals surface area contributed by atoms with Crippen molar-refractivity contribution in [1.82, 2.24) is 24.9 Å². The van der Waals surface area contributed by atoms with Gasteiger partial charge in [0, 0.05) is 5.69 Å². The Kier molecular flexibility index (Phi) is 6.99. The number of rotatable bonds is 7. The van der Waals surface area contributed by atoms with Gasteiger partial charge in [-0.05, 0) is 25.0 Å². The molecule has 5 rings (SSSR count). The fourth-order valence-electron chi connectivity index (χ4n) is 4.34. The van der Waals surface area contributed by atoms with Gasteiger partial charge in [0.25, 0.3) is 5.95 Å². The maximum absolute atomic E-state index is 12.0. The molecule has 1 aliphatic heterocycles. The summed E-state index contributed by atoms with van der Waals surface area (Å²) in [4.78, 5) is 24.5. The number of urea groups is 1. The highest BCUT2D eigenvalue weighted by molar-refractivity contribution is 5.88. The second-order valence-electron chi connectivity index (χ2n) is 8.65. The maximum Gasteiger partial charge on any atom is 0.341 e. The predicted molar refractivity (Wildman–Crippen MR) is 127 cm³/mol. The number of aromatic nitrogens is 4. The third-order valence-electron chi connectivity index (χ3n) is 6.17. The van der Waals surface area contributed by atoms with Crippen molar-refractivity contribution < 1.29 is 24.5 Å². The number of carbonyl (C=O) groups excluding carboxylic acids is 1. The zero-order valence-electron chi connectivity index (χ0n) is 19.3. The third kappa shape index (κ3) is 5.11. The molecule has 2 fully saturated rings. The molecule has 1 aromatic carbocycles. The molecule has 2 amide bonds. The van der Waals surface area contributed by atoms with Gasteiger partial charge in [0.05, 0.1) is 19.0 Å². The molecule has 0 spiro atoms. The van der Waals surface area contributed by atoms with Crippen molar-refractivity contribution in [3.05, 3.63) is 36.7 Å². The number of aliphatic hydroxyl groups excluding tert-OH is 2. The van der Waals surface area contributed by atoms with Crippen molar-refractivity contribution in [2.24, 2.45) is 10.3 Å². The first-order valence-electron chi connectivity index (χ1n) is 11.7. The smallest absolute Gasteiger partial charge is 0.341 e. The lowest BCUT2D eigenvalue weighted by molar-refractivity contribution is -0.0796. The van der Waals surface area contributed by atoms with E-state index in [1.54, 1.807) is 24.3 Å². The van der Waals surface area contributed by atoms with Gasteiger partial charge in [-0.15, -0.1) is 0 Å². The molecule has 2 aromatic heterocycles. The number of hydrogen-bond acceptors (Lipinski definition) is 11. The average molecular weight is 498 g/mol. The van der Waals surface area contributed by atoms with Gasteiger partial charge >= 0.3 is 6.03 Å². The highest BCUT2D eigenvalue weighted by atomic mass is 16.6. The minimum Gasteiger partial charge on any atom is -0.387 e. The standard InChI is InChI=1S/C22H27N9O5/c23-18-15-19(27-21(26-18)28-30-29-22(34)25-12-6-2-1-3-7-12)31(11-24-15)20-17(33)16(32)14(36-20)10-35-13-8-4-5-9-13/h1-3,6-7,11,13-14,16-17,20,32-33H,4-5,8-10H2,(H4,23,25,26,27,28,29,34)/t14-,16-,17-,20-/m1/s1. The number of amides is 2. The van der Waals surface area contributed by atoms with Gasteiger partial charge in [0.1, 0.15) is 23.8 Å². The Bertz CT molecular complexity index is 1230. The van der Waals surface area contributed by atoms with Crippen LogP contribution in [0.1, 0.15) is 31.9 Å². The molecule has 4 atom stereocenters. The molecule has 3 heterocycles. The molecule has 14 nitrogen and oxygen atoms in total. The molecular weight excluding hydrogens is 470 g/mol. The number of fused-ring (bicyclic) bond motifs is 1. The Balaban J connectivity index is 1.28. The number of nitrogens with one attached hydrogen (secondary N) is 2. The van der Waals surface area contributed by atoms with Crippen molar-refractivity contribution in [2.45, 2.75) is 56.3 Å². The van der Waals surface area contributed by atoms with Gasteiger partial charge < -0.3 is 30.7 Å². The van der Waals surface area contributed by atoms with Crippen LogP contribution < -0.4 is 16.5 Å². The zero-order valence-corrected chi connectivity index (χ0v) is 19.3. The minimum atomic E-state index is -1.25. The minimum absolute atomic E-state index is 0.0237. The van der Waals surface area contributed by atoms with Crippen LogP contribution in [0, 0.1) is 0 Å². The molecule has 190 valence electrons. The number of hydrogen-bond donors (Lipinski definition) is 5. The van der Waals surface area contributed by atoms with Crippen LogP contribution in [0.15, 0.2) is 47.0 Å². The first-order chi connectivity index (χ1) is 17.5. The van der Waals surface area contributed by atoms with Crippen LogP contribution >= 0.6 is 0 Å². The van der Waals surface area contributed by atoms with E-state index in [1.165, 1.54) is 10.9 Å². The molecule has 2 aliphatic rings. The van der Waals surface area contributed by atoms with Crippen LogP contribution in [0.3, 0.4) is 0 Å². The summed E-state index contributed by atoms with van der Waals surface area (Å²) in [7, 11) is 0. The van der Waals surface area contributed by atoms with E-state index >= 15 is 0 Å². The fourth-order valence-corrected chi connectivity index (χ4v) is 4.34. The largest absolute Gasteiger partial charge is 0.387 e. The maximum atomic E-state index is 12.0. The van der Waals surface area contributed by atoms with Crippen molar-refractivity contribution in [3.8, 4) is 0 Å². The highest BCUT2D eigenvalue weighted by Gasteiger charge is 2.44. The van der Waals surface area contributed by atoms with E-state index in [0.717, 1.165) is 25.7 Å². The SMILES string of the molecule is Nc1nc(N=NNC(=O)Nc2ccccc2)nc2c1ncn2[C@@H]1O[C@H](COC2CCCC2)[C@@H](O)[C@H]1O. The Morgan fingerprint density at radius 3 is 2.75 bits per heavy atom. The highest BCUT2D eigenvalue weighted by Crippen LogP contribution is 2.33. The normalized spacial score (nSPS) is 24.6. The predicted octanol–water partition coefficient (Wildman–Crippen LogP) is 1.81. The van der Waals surface area contributed by atoms with Crippen LogP contribution in [0.2, 0.25) is 0 Å². The first kappa shape index (κ1) is 24.0. The summed E-state index contributed by atoms with van der Waals surface area (Å²) >= 11 is 0. The molecule has 1 aliphatic carbocycles. The molecule has 0 bridgehead atoms. The second-order valence-corrected chi connectivity index (χ2v) is 8.65. The number of nitrogen functional groups attached to an aromatic ring is 1. The number of aliphatic hydroxyl groups is 2. The summed E-state index contributed by atoms with van der Waals surface area (Å²) in [6.45, 7) is 0.166. The monoisotopic (exact) mass is 497 g/mol. The van der Waals surface area contributed by atoms with Gasteiger partial charge in [0.15, 0.2) is 17.7 Å². The quantitative estimate of drug-likeness (QED) is 0.239. The summed E-state index contributed by atoms with van der Waals surface area (Å²) in [6.07, 6.45) is 1.67. The second kappa shape index (κ2) is 10.5. The van der Waals surface area contributed by atoms with E-state index in [0.29, 0.717) is 5.69 Å². The molecule has 1 saturated heterocycles. The van der Waals surface area contributed by atoms with Crippen molar-refractivity contribution in [3.63, 3.8) is 0 Å². The Hall–Kier alpha value is -3.72. The Morgan fingerprint density at radius 1 is 1.19 bits per heavy atom. The molecule has 1 saturated carbocycles. The lowest BCUT2D eigenvalue weighted by Gasteiger charge is -2.18. The van der Waals surface area contributed by atoms with Crippen LogP contribution in [-0.4, -0.2) is 66.8 Å². The summed E-state index contributed by atoms with van der Waals surface area (Å²) in [5, 5.41) is 31.2. The Labute approximate surface area is 205 Å². The van der Waals surface area contributed by atoms with Gasteiger partial charge in [-0.1, -0.05) is 41.4 Å². The van der Waals surface area contributed by atoms with E-state index < -0.39 is 30.6 Å². The zero-order chi connectivity index (χ0) is 25.1. The van der Waals surface area contributed by atoms with Crippen molar-refractivity contribution >= 4 is 34.6 Å². The van der Waals surface area contributed by atoms with Gasteiger partial charge in [-0.25, -0.2) is 15.2 Å². The molecular formula is C22H27N9O5. The number of carbonyl (C=O) groups is 1. The lowest BCUT2D eigenvalue weighted by atomic mass is 10.1. The van der Waals surface area contributed by atoms with E-state index in [1.807, 2.05) is 6.07 Å². The summed E-state index contributed by atoms with van der Waals surface area (Å²) in [5.74, 6) is -0.119. The number of ether oxygens (including phenoxy) is 2. The number of anilines is 2. The van der Waals surface area contributed by atoms with Gasteiger partial charge in [-0.2, -0.15) is 9.97 Å². The van der Waals surface area contributed by atoms with Crippen molar-refractivity contribution in [1.29, 1.82) is 0 Å². The van der Waals surface area contributed by atoms with Gasteiger partial charge in [-0.3, -0.25) is 4.57 Å². The third-order valence-corrected chi connectivity index (χ3v) is 6.17. The number of benzene rings is 1. The van der Waals surface area contributed by atoms with Crippen LogP contribution in [-0.2, 0) is 9.47 Å². The Morgan fingerprint density at radius 2 is 1.97 bits per heavy atom. The first-order valence-corrected chi connectivity index (χ1v) is 11.7. The molecule has 0 radical (unpaired) electrons. The molecule has 14 heteroatoms. The molecule has 3 aromatic rings. The molecule has 0 unspecified atom stereocenters. The number of imidazole rings is 1. The summed E-state index contributed by atoms with van der Waals surface area (Å²) < 4.78 is 13.2. The van der Waals surface area contributed by atoms with Crippen LogP contribution in [0.5, 0.6) is 0 Å². The molecule has 6 N–H and O–H groups in total. The van der Waals surface area contributed by atoms with Crippen molar-refractivity contribution in [2.75, 3.05) is 17.7 Å². The van der Waals surface area contributed by atoms with E-state index in [4.69, 9.17) is 15.2 Å². The van der Waals surface area contributed by atoms with Crippen LogP contribution in [0.25, 0.3) is 11.2 Å². The number of nitrogens with two attached hydrogens (primary N) is 1.